The summed E-state index contributed by atoms with van der Waals surface area (Å²) in [7, 11) is 0. The van der Waals surface area contributed by atoms with Crippen LogP contribution in [0.4, 0.5) is 6.01 Å². The van der Waals surface area contributed by atoms with E-state index in [0.717, 1.165) is 5.76 Å². The molecule has 0 aromatic carbocycles. The molecule has 0 radical (unpaired) electrons. The van der Waals surface area contributed by atoms with Crippen LogP contribution in [0.5, 0.6) is 0 Å². The van der Waals surface area contributed by atoms with Gasteiger partial charge in [-0.1, -0.05) is 19.0 Å². The molecule has 104 valence electrons. The second-order valence-electron chi connectivity index (χ2n) is 5.15. The van der Waals surface area contributed by atoms with Crippen LogP contribution in [0.15, 0.2) is 21.1 Å². The van der Waals surface area contributed by atoms with E-state index >= 15 is 0 Å². The van der Waals surface area contributed by atoms with Crippen molar-refractivity contribution in [2.45, 2.75) is 39.2 Å². The summed E-state index contributed by atoms with van der Waals surface area (Å²) in [5, 5.41) is 17.1. The molecule has 1 unspecified atom stereocenters. The molecule has 0 bridgehead atoms. The molecule has 2 rings (SSSR count). The molecule has 0 saturated carbocycles. The van der Waals surface area contributed by atoms with E-state index in [9.17, 15) is 5.11 Å². The van der Waals surface area contributed by atoms with Gasteiger partial charge in [-0.05, 0) is 26.0 Å². The quantitative estimate of drug-likeness (QED) is 0.863. The van der Waals surface area contributed by atoms with Crippen molar-refractivity contribution in [3.63, 3.8) is 0 Å². The molecule has 19 heavy (non-hydrogen) atoms. The number of furan rings is 1. The van der Waals surface area contributed by atoms with Gasteiger partial charge in [0.1, 0.15) is 17.1 Å². The maximum atomic E-state index is 10.3. The molecule has 2 aromatic heterocycles. The van der Waals surface area contributed by atoms with E-state index in [1.807, 2.05) is 26.8 Å². The van der Waals surface area contributed by atoms with Crippen molar-refractivity contribution in [3.8, 4) is 0 Å². The Kier molecular flexibility index (Phi) is 3.61. The summed E-state index contributed by atoms with van der Waals surface area (Å²) < 4.78 is 10.5. The Morgan fingerprint density at radius 2 is 2.16 bits per heavy atom. The van der Waals surface area contributed by atoms with E-state index < -0.39 is 5.60 Å². The highest BCUT2D eigenvalue weighted by Crippen LogP contribution is 2.23. The number of rotatable bonds is 5. The van der Waals surface area contributed by atoms with E-state index in [0.29, 0.717) is 17.6 Å². The lowest BCUT2D eigenvalue weighted by Crippen LogP contribution is -2.30. The standard InChI is InChI=1S/C13H19N3O3/c1-8(2)11-15-12(19-16-11)14-7-13(4,17)10-6-5-9(3)18-10/h5-6,8,17H,7H2,1-4H3,(H,14,15,16). The van der Waals surface area contributed by atoms with E-state index in [1.165, 1.54) is 0 Å². The fourth-order valence-corrected chi connectivity index (χ4v) is 1.60. The smallest absolute Gasteiger partial charge is 0.321 e. The Hall–Kier alpha value is -1.82. The third-order valence-electron chi connectivity index (χ3n) is 2.81. The van der Waals surface area contributed by atoms with Crippen molar-refractivity contribution < 1.29 is 14.0 Å². The molecule has 0 spiro atoms. The number of anilines is 1. The molecule has 0 aliphatic heterocycles. The van der Waals surface area contributed by atoms with Gasteiger partial charge < -0.3 is 19.4 Å². The largest absolute Gasteiger partial charge is 0.463 e. The highest BCUT2D eigenvalue weighted by Gasteiger charge is 2.27. The van der Waals surface area contributed by atoms with Gasteiger partial charge in [-0.15, -0.1) is 0 Å². The zero-order valence-electron chi connectivity index (χ0n) is 11.6. The normalized spacial score (nSPS) is 14.6. The Morgan fingerprint density at radius 3 is 2.68 bits per heavy atom. The second kappa shape index (κ2) is 5.05. The summed E-state index contributed by atoms with van der Waals surface area (Å²) in [6.45, 7) is 7.68. The van der Waals surface area contributed by atoms with Crippen molar-refractivity contribution in [1.82, 2.24) is 10.1 Å². The minimum Gasteiger partial charge on any atom is -0.463 e. The number of aliphatic hydroxyl groups is 1. The Labute approximate surface area is 111 Å². The molecule has 0 aliphatic carbocycles. The minimum absolute atomic E-state index is 0.201. The molecule has 1 atom stereocenters. The highest BCUT2D eigenvalue weighted by atomic mass is 16.5. The third-order valence-corrected chi connectivity index (χ3v) is 2.81. The van der Waals surface area contributed by atoms with E-state index in [2.05, 4.69) is 15.5 Å². The number of nitrogens with one attached hydrogen (secondary N) is 1. The number of aromatic nitrogens is 2. The number of nitrogens with zero attached hydrogens (tertiary/aromatic N) is 2. The zero-order valence-corrected chi connectivity index (χ0v) is 11.6. The lowest BCUT2D eigenvalue weighted by Gasteiger charge is -2.20. The summed E-state index contributed by atoms with van der Waals surface area (Å²) in [4.78, 5) is 4.18. The lowest BCUT2D eigenvalue weighted by molar-refractivity contribution is 0.0462. The van der Waals surface area contributed by atoms with Crippen LogP contribution in [0.2, 0.25) is 0 Å². The third kappa shape index (κ3) is 3.14. The van der Waals surface area contributed by atoms with Gasteiger partial charge in [-0.2, -0.15) is 4.98 Å². The van der Waals surface area contributed by atoms with Crippen LogP contribution in [-0.4, -0.2) is 21.8 Å². The molecule has 0 aliphatic rings. The van der Waals surface area contributed by atoms with Gasteiger partial charge in [0.15, 0.2) is 5.82 Å². The van der Waals surface area contributed by atoms with Crippen LogP contribution in [0.1, 0.15) is 44.0 Å². The molecule has 0 amide bonds. The first-order chi connectivity index (χ1) is 8.88. The summed E-state index contributed by atoms with van der Waals surface area (Å²) in [5.41, 5.74) is -1.14. The average Bonchev–Trinajstić information content (AvgIpc) is 2.95. The number of hydrogen-bond donors (Lipinski definition) is 2. The number of hydrogen-bond acceptors (Lipinski definition) is 6. The fraction of sp³-hybridized carbons (Fsp3) is 0.538. The molecule has 0 saturated heterocycles. The molecular formula is C13H19N3O3. The van der Waals surface area contributed by atoms with Gasteiger partial charge >= 0.3 is 6.01 Å². The second-order valence-corrected chi connectivity index (χ2v) is 5.15. The first-order valence-electron chi connectivity index (χ1n) is 6.25. The first kappa shape index (κ1) is 13.6. The summed E-state index contributed by atoms with van der Waals surface area (Å²) in [6.07, 6.45) is 0. The van der Waals surface area contributed by atoms with E-state index in [1.54, 1.807) is 13.0 Å². The summed E-state index contributed by atoms with van der Waals surface area (Å²) in [5.74, 6) is 2.10. The van der Waals surface area contributed by atoms with Crippen LogP contribution in [0.3, 0.4) is 0 Å². The van der Waals surface area contributed by atoms with Gasteiger partial charge in [0.2, 0.25) is 0 Å². The molecule has 2 N–H and O–H groups in total. The molecular weight excluding hydrogens is 246 g/mol. The van der Waals surface area contributed by atoms with Crippen molar-refractivity contribution in [1.29, 1.82) is 0 Å². The topological polar surface area (TPSA) is 84.3 Å². The minimum atomic E-state index is -1.14. The van der Waals surface area contributed by atoms with Crippen LogP contribution in [-0.2, 0) is 5.60 Å². The van der Waals surface area contributed by atoms with E-state index in [-0.39, 0.29) is 12.5 Å². The molecule has 2 aromatic rings. The van der Waals surface area contributed by atoms with Crippen molar-refractivity contribution in [2.75, 3.05) is 11.9 Å². The Balaban J connectivity index is 2.00. The summed E-state index contributed by atoms with van der Waals surface area (Å²) in [6, 6.07) is 3.87. The predicted octanol–water partition coefficient (Wildman–Crippen LogP) is 2.41. The molecule has 6 heteroatoms. The zero-order chi connectivity index (χ0) is 14.0. The maximum absolute atomic E-state index is 10.3. The first-order valence-corrected chi connectivity index (χ1v) is 6.25. The molecule has 2 heterocycles. The predicted molar refractivity (Wildman–Crippen MR) is 69.9 cm³/mol. The fourth-order valence-electron chi connectivity index (χ4n) is 1.60. The maximum Gasteiger partial charge on any atom is 0.321 e. The Bertz CT molecular complexity index is 543. The van der Waals surface area contributed by atoms with Crippen molar-refractivity contribution in [3.05, 3.63) is 29.5 Å². The highest BCUT2D eigenvalue weighted by molar-refractivity contribution is 5.23. The van der Waals surface area contributed by atoms with Crippen molar-refractivity contribution in [2.24, 2.45) is 0 Å². The van der Waals surface area contributed by atoms with Gasteiger partial charge in [0.05, 0.1) is 6.54 Å². The number of aryl methyl sites for hydroxylation is 1. The van der Waals surface area contributed by atoms with Crippen molar-refractivity contribution >= 4 is 6.01 Å². The van der Waals surface area contributed by atoms with Crippen LogP contribution in [0.25, 0.3) is 0 Å². The average molecular weight is 265 g/mol. The SMILES string of the molecule is Cc1ccc(C(C)(O)CNc2nc(C(C)C)no2)o1. The Morgan fingerprint density at radius 1 is 1.42 bits per heavy atom. The monoisotopic (exact) mass is 265 g/mol. The van der Waals surface area contributed by atoms with Gasteiger partial charge in [-0.3, -0.25) is 0 Å². The van der Waals surface area contributed by atoms with Crippen LogP contribution in [0, 0.1) is 6.92 Å². The molecule has 6 nitrogen and oxygen atoms in total. The van der Waals surface area contributed by atoms with Crippen LogP contribution < -0.4 is 5.32 Å². The van der Waals surface area contributed by atoms with Gasteiger partial charge in [-0.25, -0.2) is 0 Å². The van der Waals surface area contributed by atoms with Gasteiger partial charge in [0, 0.05) is 5.92 Å². The lowest BCUT2D eigenvalue weighted by atomic mass is 10.0. The molecule has 0 fully saturated rings. The summed E-state index contributed by atoms with van der Waals surface area (Å²) >= 11 is 0. The van der Waals surface area contributed by atoms with E-state index in [4.69, 9.17) is 8.94 Å². The van der Waals surface area contributed by atoms with Gasteiger partial charge in [0.25, 0.3) is 0 Å². The van der Waals surface area contributed by atoms with Crippen LogP contribution >= 0.6 is 0 Å².